The number of ether oxygens (including phenoxy) is 3. The first kappa shape index (κ1) is 18.0. The fourth-order valence-electron chi connectivity index (χ4n) is 2.37. The Morgan fingerprint density at radius 2 is 1.58 bits per heavy atom. The van der Waals surface area contributed by atoms with Crippen LogP contribution in [0.5, 0.6) is 17.2 Å². The minimum absolute atomic E-state index is 0.185. The predicted octanol–water partition coefficient (Wildman–Crippen LogP) is 5.11. The van der Waals surface area contributed by atoms with Crippen molar-refractivity contribution in [2.24, 2.45) is 0 Å². The van der Waals surface area contributed by atoms with E-state index in [1.54, 1.807) is 31.4 Å². The van der Waals surface area contributed by atoms with Crippen LogP contribution in [-0.4, -0.2) is 19.7 Å². The molecule has 0 radical (unpaired) electrons. The molecule has 0 aliphatic carbocycles. The van der Waals surface area contributed by atoms with Gasteiger partial charge in [-0.15, -0.1) is 0 Å². The summed E-state index contributed by atoms with van der Waals surface area (Å²) in [6, 6.07) is 22.5. The highest BCUT2D eigenvalue weighted by molar-refractivity contribution is 9.10. The Morgan fingerprint density at radius 1 is 0.885 bits per heavy atom. The van der Waals surface area contributed by atoms with Gasteiger partial charge in [-0.2, -0.15) is 0 Å². The number of benzene rings is 3. The highest BCUT2D eigenvalue weighted by Gasteiger charge is 2.09. The molecule has 0 aliphatic rings. The van der Waals surface area contributed by atoms with Gasteiger partial charge in [0.25, 0.3) is 0 Å². The van der Waals surface area contributed by atoms with E-state index in [-0.39, 0.29) is 6.61 Å². The molecule has 132 valence electrons. The minimum atomic E-state index is -0.478. The molecule has 3 aromatic rings. The van der Waals surface area contributed by atoms with Gasteiger partial charge in [-0.05, 0) is 63.5 Å². The average Bonchev–Trinajstić information content (AvgIpc) is 2.68. The van der Waals surface area contributed by atoms with Crippen molar-refractivity contribution in [2.45, 2.75) is 0 Å². The molecule has 5 heteroatoms. The number of rotatable bonds is 6. The zero-order valence-electron chi connectivity index (χ0n) is 14.1. The summed E-state index contributed by atoms with van der Waals surface area (Å²) in [7, 11) is 1.58. The summed E-state index contributed by atoms with van der Waals surface area (Å²) >= 11 is 3.49. The van der Waals surface area contributed by atoms with Crippen LogP contribution in [0.4, 0.5) is 0 Å². The van der Waals surface area contributed by atoms with Crippen LogP contribution >= 0.6 is 15.9 Å². The summed E-state index contributed by atoms with van der Waals surface area (Å²) in [5.41, 5.74) is 2.17. The predicted molar refractivity (Wildman–Crippen MR) is 104 cm³/mol. The van der Waals surface area contributed by atoms with E-state index in [1.807, 2.05) is 48.5 Å². The van der Waals surface area contributed by atoms with Crippen LogP contribution in [0.15, 0.2) is 77.3 Å². The summed E-state index contributed by atoms with van der Waals surface area (Å²) in [6.07, 6.45) is 0. The van der Waals surface area contributed by atoms with Crippen LogP contribution in [0.3, 0.4) is 0 Å². The second-order valence-electron chi connectivity index (χ2n) is 5.45. The molecular formula is C21H17BrO4. The molecule has 0 spiro atoms. The van der Waals surface area contributed by atoms with Crippen LogP contribution in [0.2, 0.25) is 0 Å². The van der Waals surface area contributed by atoms with Gasteiger partial charge in [0.1, 0.15) is 17.2 Å². The van der Waals surface area contributed by atoms with Gasteiger partial charge in [-0.25, -0.2) is 4.79 Å². The maximum atomic E-state index is 11.9. The van der Waals surface area contributed by atoms with Crippen molar-refractivity contribution in [3.63, 3.8) is 0 Å². The van der Waals surface area contributed by atoms with Crippen molar-refractivity contribution in [3.05, 3.63) is 77.3 Å². The first-order valence-corrected chi connectivity index (χ1v) is 8.77. The molecule has 0 unspecified atom stereocenters. The van der Waals surface area contributed by atoms with E-state index in [0.717, 1.165) is 15.6 Å². The average molecular weight is 413 g/mol. The second-order valence-corrected chi connectivity index (χ2v) is 6.30. The van der Waals surface area contributed by atoms with E-state index in [9.17, 15) is 4.79 Å². The van der Waals surface area contributed by atoms with E-state index in [1.165, 1.54) is 0 Å². The number of hydrogen-bond acceptors (Lipinski definition) is 4. The van der Waals surface area contributed by atoms with Crippen molar-refractivity contribution in [2.75, 3.05) is 13.7 Å². The topological polar surface area (TPSA) is 44.8 Å². The fourth-order valence-corrected chi connectivity index (χ4v) is 2.86. The molecule has 0 fully saturated rings. The second kappa shape index (κ2) is 8.54. The number of hydrogen-bond donors (Lipinski definition) is 0. The summed E-state index contributed by atoms with van der Waals surface area (Å²) in [4.78, 5) is 11.9. The molecule has 0 heterocycles. The Labute approximate surface area is 160 Å². The lowest BCUT2D eigenvalue weighted by atomic mass is 10.1. The molecule has 0 amide bonds. The van der Waals surface area contributed by atoms with Crippen LogP contribution in [-0.2, 0) is 4.79 Å². The Morgan fingerprint density at radius 3 is 2.23 bits per heavy atom. The molecule has 0 aliphatic heterocycles. The number of carbonyl (C=O) groups excluding carboxylic acids is 1. The molecule has 3 rings (SSSR count). The van der Waals surface area contributed by atoms with Gasteiger partial charge in [0.05, 0.1) is 11.6 Å². The molecule has 0 aromatic heterocycles. The van der Waals surface area contributed by atoms with Gasteiger partial charge in [-0.3, -0.25) is 0 Å². The van der Waals surface area contributed by atoms with Gasteiger partial charge in [0.2, 0.25) is 0 Å². The third-order valence-corrected chi connectivity index (χ3v) is 4.30. The molecule has 0 atom stereocenters. The lowest BCUT2D eigenvalue weighted by Crippen LogP contribution is -2.17. The van der Waals surface area contributed by atoms with E-state index >= 15 is 0 Å². The largest absolute Gasteiger partial charge is 0.497 e. The number of halogens is 1. The third-order valence-electron chi connectivity index (χ3n) is 3.68. The summed E-state index contributed by atoms with van der Waals surface area (Å²) in [5.74, 6) is 1.24. The molecule has 3 aromatic carbocycles. The Kier molecular flexibility index (Phi) is 5.92. The van der Waals surface area contributed by atoms with E-state index in [2.05, 4.69) is 15.9 Å². The van der Waals surface area contributed by atoms with Gasteiger partial charge in [0.15, 0.2) is 6.61 Å². The lowest BCUT2D eigenvalue weighted by Gasteiger charge is -2.10. The molecule has 0 saturated heterocycles. The lowest BCUT2D eigenvalue weighted by molar-refractivity contribution is -0.136. The van der Waals surface area contributed by atoms with Crippen molar-refractivity contribution in [3.8, 4) is 28.4 Å². The van der Waals surface area contributed by atoms with E-state index in [4.69, 9.17) is 14.2 Å². The smallest absolute Gasteiger partial charge is 0.349 e. The normalized spacial score (nSPS) is 10.2. The first-order valence-electron chi connectivity index (χ1n) is 7.98. The summed E-state index contributed by atoms with van der Waals surface area (Å²) in [5, 5.41) is 0. The van der Waals surface area contributed by atoms with Crippen LogP contribution in [0.25, 0.3) is 11.1 Å². The van der Waals surface area contributed by atoms with Crippen molar-refractivity contribution < 1.29 is 19.0 Å². The maximum Gasteiger partial charge on any atom is 0.349 e. The number of carbonyl (C=O) groups is 1. The summed E-state index contributed by atoms with van der Waals surface area (Å²) < 4.78 is 16.6. The van der Waals surface area contributed by atoms with Crippen LogP contribution < -0.4 is 14.2 Å². The SMILES string of the molecule is COc1ccc(OC(=O)COc2ccc(-c3ccccc3)cc2Br)cc1. The fraction of sp³-hybridized carbons (Fsp3) is 0.0952. The molecule has 0 bridgehead atoms. The van der Waals surface area contributed by atoms with Crippen LogP contribution in [0.1, 0.15) is 0 Å². The molecule has 0 N–H and O–H groups in total. The standard InChI is InChI=1S/C21H17BrO4/c1-24-17-8-10-18(11-9-17)26-21(23)14-25-20-12-7-16(13-19(20)22)15-5-3-2-4-6-15/h2-13H,14H2,1H3. The Hall–Kier alpha value is -2.79. The molecule has 4 nitrogen and oxygen atoms in total. The van der Waals surface area contributed by atoms with E-state index in [0.29, 0.717) is 17.2 Å². The quantitative estimate of drug-likeness (QED) is 0.416. The Balaban J connectivity index is 1.59. The molecular weight excluding hydrogens is 396 g/mol. The van der Waals surface area contributed by atoms with Gasteiger partial charge in [-0.1, -0.05) is 36.4 Å². The van der Waals surface area contributed by atoms with Crippen molar-refractivity contribution in [1.82, 2.24) is 0 Å². The third kappa shape index (κ3) is 4.64. The van der Waals surface area contributed by atoms with Gasteiger partial charge in [0, 0.05) is 0 Å². The minimum Gasteiger partial charge on any atom is -0.497 e. The van der Waals surface area contributed by atoms with E-state index < -0.39 is 5.97 Å². The van der Waals surface area contributed by atoms with Gasteiger partial charge < -0.3 is 14.2 Å². The van der Waals surface area contributed by atoms with Crippen molar-refractivity contribution >= 4 is 21.9 Å². The monoisotopic (exact) mass is 412 g/mol. The van der Waals surface area contributed by atoms with Crippen LogP contribution in [0, 0.1) is 0 Å². The highest BCUT2D eigenvalue weighted by atomic mass is 79.9. The number of esters is 1. The number of methoxy groups -OCH3 is 1. The van der Waals surface area contributed by atoms with Crippen molar-refractivity contribution in [1.29, 1.82) is 0 Å². The zero-order valence-corrected chi connectivity index (χ0v) is 15.7. The summed E-state index contributed by atoms with van der Waals surface area (Å²) in [6.45, 7) is -0.185. The highest BCUT2D eigenvalue weighted by Crippen LogP contribution is 2.30. The molecule has 26 heavy (non-hydrogen) atoms. The van der Waals surface area contributed by atoms with Gasteiger partial charge >= 0.3 is 5.97 Å². The Bertz CT molecular complexity index is 876. The first-order chi connectivity index (χ1) is 12.7. The zero-order chi connectivity index (χ0) is 18.4. The maximum absolute atomic E-state index is 11.9. The molecule has 0 saturated carbocycles.